The number of H-pyrrole nitrogens is 1. The Balaban J connectivity index is 1.24. The predicted molar refractivity (Wildman–Crippen MR) is 163 cm³/mol. The summed E-state index contributed by atoms with van der Waals surface area (Å²) in [6.07, 6.45) is 3.77. The molecule has 6 heterocycles. The second-order valence-corrected chi connectivity index (χ2v) is 12.0. The number of fused-ring (bicyclic) bond motifs is 3. The first-order valence-electron chi connectivity index (χ1n) is 15.0. The van der Waals surface area contributed by atoms with Crippen LogP contribution in [0.4, 0.5) is 22.0 Å². The molecular weight excluding hydrogens is 581 g/mol. The Kier molecular flexibility index (Phi) is 7.23. The number of morpholine rings is 1. The summed E-state index contributed by atoms with van der Waals surface area (Å²) in [7, 11) is 1.54. The maximum atomic E-state index is 15.7. The molecule has 4 aromatic rings. The van der Waals surface area contributed by atoms with Gasteiger partial charge in [0.2, 0.25) is 23.7 Å². The van der Waals surface area contributed by atoms with Crippen LogP contribution < -0.4 is 19.7 Å². The number of anilines is 3. The van der Waals surface area contributed by atoms with Crippen molar-refractivity contribution in [2.75, 3.05) is 43.5 Å². The molecule has 2 unspecified atom stereocenters. The van der Waals surface area contributed by atoms with Crippen LogP contribution in [0.2, 0.25) is 0 Å². The summed E-state index contributed by atoms with van der Waals surface area (Å²) in [5, 5.41) is 9.92. The van der Waals surface area contributed by atoms with Gasteiger partial charge < -0.3 is 29.3 Å². The Morgan fingerprint density at radius 1 is 1.11 bits per heavy atom. The molecule has 13 nitrogen and oxygen atoms in total. The van der Waals surface area contributed by atoms with E-state index in [1.165, 1.54) is 13.2 Å². The van der Waals surface area contributed by atoms with Crippen molar-refractivity contribution < 1.29 is 23.4 Å². The lowest BCUT2D eigenvalue weighted by Crippen LogP contribution is -2.43. The number of aromatic nitrogens is 6. The van der Waals surface area contributed by atoms with Gasteiger partial charge in [-0.1, -0.05) is 6.07 Å². The zero-order valence-corrected chi connectivity index (χ0v) is 25.5. The molecule has 0 saturated carbocycles. The van der Waals surface area contributed by atoms with Gasteiger partial charge in [0.1, 0.15) is 17.0 Å². The van der Waals surface area contributed by atoms with Gasteiger partial charge >= 0.3 is 0 Å². The standard InChI is InChI=1S/C31H34FN9O4/c1-5-40-16-31(2,3)45-27-24(28(40)42)25(35-30(37-27)41-14-19-8-9-20(15-41)44-19)17-6-10-22(21(32)12-17)34-29-36-26(38-39-29)18-7-11-23(43-4)33-13-18/h6-7,10-13,19-20H,5,8-9,14-16H2,1-4H3,(H2,34,36,38,39). The van der Waals surface area contributed by atoms with Gasteiger partial charge in [0.25, 0.3) is 5.91 Å². The molecule has 2 fully saturated rings. The fourth-order valence-corrected chi connectivity index (χ4v) is 6.04. The van der Waals surface area contributed by atoms with E-state index in [9.17, 15) is 4.79 Å². The molecule has 7 rings (SSSR count). The Hall–Kier alpha value is -4.85. The lowest BCUT2D eigenvalue weighted by atomic mass is 10.0. The number of nitrogens with one attached hydrogen (secondary N) is 2. The second kappa shape index (κ2) is 11.3. The molecule has 0 aliphatic carbocycles. The van der Waals surface area contributed by atoms with Crippen LogP contribution in [0.25, 0.3) is 22.6 Å². The number of rotatable bonds is 7. The molecule has 3 aromatic heterocycles. The topological polar surface area (TPSA) is 144 Å². The van der Waals surface area contributed by atoms with Gasteiger partial charge in [0.05, 0.1) is 37.2 Å². The number of carbonyl (C=O) groups excluding carboxylic acids is 1. The molecule has 0 spiro atoms. The number of aromatic amines is 1. The molecule has 2 bridgehead atoms. The summed E-state index contributed by atoms with van der Waals surface area (Å²) >= 11 is 0. The lowest BCUT2D eigenvalue weighted by molar-refractivity contribution is 0.0297. The SMILES string of the molecule is CCN1CC(C)(C)Oc2nc(N3CC4CCC(C3)O4)nc(-c3ccc(Nc4n[nH]c(-c5ccc(OC)nc5)n4)c(F)c3)c2C1=O. The zero-order chi connectivity index (χ0) is 31.3. The van der Waals surface area contributed by atoms with Gasteiger partial charge in [-0.3, -0.25) is 9.89 Å². The van der Waals surface area contributed by atoms with Gasteiger partial charge in [-0.2, -0.15) is 9.97 Å². The Morgan fingerprint density at radius 3 is 2.58 bits per heavy atom. The van der Waals surface area contributed by atoms with Crippen LogP contribution in [0.3, 0.4) is 0 Å². The minimum atomic E-state index is -0.694. The molecule has 2 atom stereocenters. The minimum Gasteiger partial charge on any atom is -0.481 e. The number of ether oxygens (including phenoxy) is 3. The van der Waals surface area contributed by atoms with Crippen molar-refractivity contribution in [3.05, 3.63) is 47.9 Å². The van der Waals surface area contributed by atoms with Gasteiger partial charge in [0, 0.05) is 43.0 Å². The van der Waals surface area contributed by atoms with Gasteiger partial charge in [-0.25, -0.2) is 14.4 Å². The Bertz CT molecular complexity index is 1730. The third-order valence-corrected chi connectivity index (χ3v) is 8.21. The average Bonchev–Trinajstić information content (AvgIpc) is 3.62. The van der Waals surface area contributed by atoms with Crippen LogP contribution in [-0.4, -0.2) is 92.0 Å². The summed E-state index contributed by atoms with van der Waals surface area (Å²) in [5.74, 6) is 0.910. The molecule has 45 heavy (non-hydrogen) atoms. The van der Waals surface area contributed by atoms with Crippen molar-refractivity contribution in [2.45, 2.75) is 51.4 Å². The number of pyridine rings is 1. The summed E-state index contributed by atoms with van der Waals surface area (Å²) in [6, 6.07) is 8.13. The van der Waals surface area contributed by atoms with E-state index in [-0.39, 0.29) is 41.2 Å². The first-order chi connectivity index (χ1) is 21.7. The van der Waals surface area contributed by atoms with E-state index in [1.807, 2.05) is 20.8 Å². The Morgan fingerprint density at radius 2 is 1.89 bits per heavy atom. The van der Waals surface area contributed by atoms with Crippen LogP contribution in [-0.2, 0) is 4.74 Å². The first-order valence-corrected chi connectivity index (χ1v) is 15.0. The molecule has 0 radical (unpaired) electrons. The van der Waals surface area contributed by atoms with Gasteiger partial charge in [-0.05, 0) is 51.8 Å². The fraction of sp³-hybridized carbons (Fsp3) is 0.419. The van der Waals surface area contributed by atoms with E-state index >= 15 is 4.39 Å². The molecule has 234 valence electrons. The number of halogens is 1. The third-order valence-electron chi connectivity index (χ3n) is 8.21. The third kappa shape index (κ3) is 5.61. The number of benzene rings is 1. The van der Waals surface area contributed by atoms with E-state index in [0.717, 1.165) is 12.8 Å². The maximum Gasteiger partial charge on any atom is 0.261 e. The molecule has 1 aromatic carbocycles. The zero-order valence-electron chi connectivity index (χ0n) is 25.5. The van der Waals surface area contributed by atoms with Crippen LogP contribution in [0, 0.1) is 5.82 Å². The summed E-state index contributed by atoms with van der Waals surface area (Å²) in [4.78, 5) is 35.9. The summed E-state index contributed by atoms with van der Waals surface area (Å²) in [6.45, 7) is 7.88. The van der Waals surface area contributed by atoms with Crippen molar-refractivity contribution in [1.29, 1.82) is 0 Å². The molecular formula is C31H34FN9O4. The number of amides is 1. The Labute approximate surface area is 259 Å². The highest BCUT2D eigenvalue weighted by Crippen LogP contribution is 2.38. The van der Waals surface area contributed by atoms with E-state index in [0.29, 0.717) is 60.7 Å². The van der Waals surface area contributed by atoms with Crippen LogP contribution in [0.15, 0.2) is 36.5 Å². The van der Waals surface area contributed by atoms with Crippen molar-refractivity contribution >= 4 is 23.5 Å². The highest BCUT2D eigenvalue weighted by Gasteiger charge is 2.39. The maximum absolute atomic E-state index is 15.7. The second-order valence-electron chi connectivity index (χ2n) is 12.0. The number of nitrogens with zero attached hydrogens (tertiary/aromatic N) is 7. The molecule has 3 aliphatic heterocycles. The van der Waals surface area contributed by atoms with E-state index in [4.69, 9.17) is 24.2 Å². The van der Waals surface area contributed by atoms with Crippen molar-refractivity contribution in [1.82, 2.24) is 35.0 Å². The number of likely N-dealkylation sites (N-methyl/N-ethyl adjacent to an activating group) is 1. The highest BCUT2D eigenvalue weighted by atomic mass is 19.1. The highest BCUT2D eigenvalue weighted by molar-refractivity contribution is 6.02. The number of hydrogen-bond donors (Lipinski definition) is 2. The quantitative estimate of drug-likeness (QED) is 0.309. The van der Waals surface area contributed by atoms with Crippen molar-refractivity contribution in [2.24, 2.45) is 0 Å². The van der Waals surface area contributed by atoms with Crippen molar-refractivity contribution in [3.63, 3.8) is 0 Å². The molecule has 1 amide bonds. The van der Waals surface area contributed by atoms with Crippen molar-refractivity contribution in [3.8, 4) is 34.4 Å². The summed E-state index contributed by atoms with van der Waals surface area (Å²) < 4.78 is 33.2. The van der Waals surface area contributed by atoms with Crippen LogP contribution in [0.5, 0.6) is 11.8 Å². The largest absolute Gasteiger partial charge is 0.481 e. The fourth-order valence-electron chi connectivity index (χ4n) is 6.04. The molecule has 2 saturated heterocycles. The van der Waals surface area contributed by atoms with Gasteiger partial charge in [-0.15, -0.1) is 5.10 Å². The predicted octanol–water partition coefficient (Wildman–Crippen LogP) is 4.22. The summed E-state index contributed by atoms with van der Waals surface area (Å²) in [5.41, 5.74) is 1.10. The first kappa shape index (κ1) is 28.9. The van der Waals surface area contributed by atoms with Crippen LogP contribution >= 0.6 is 0 Å². The molecule has 2 N–H and O–H groups in total. The number of methoxy groups -OCH3 is 1. The lowest BCUT2D eigenvalue weighted by Gasteiger charge is -2.33. The number of carbonyl (C=O) groups is 1. The minimum absolute atomic E-state index is 0.101. The monoisotopic (exact) mass is 615 g/mol. The van der Waals surface area contributed by atoms with E-state index in [1.54, 1.807) is 35.4 Å². The van der Waals surface area contributed by atoms with Crippen LogP contribution in [0.1, 0.15) is 44.0 Å². The molecule has 3 aliphatic rings. The molecule has 14 heteroatoms. The van der Waals surface area contributed by atoms with E-state index < -0.39 is 11.4 Å². The van der Waals surface area contributed by atoms with Gasteiger partial charge in [0.15, 0.2) is 5.82 Å². The smallest absolute Gasteiger partial charge is 0.261 e. The average molecular weight is 616 g/mol. The van der Waals surface area contributed by atoms with E-state index in [2.05, 4.69) is 30.4 Å². The normalized spacial score (nSPS) is 20.4. The number of hydrogen-bond acceptors (Lipinski definition) is 11.